The fraction of sp³-hybridized carbons (Fsp3) is 0.312. The lowest BCUT2D eigenvalue weighted by Crippen LogP contribution is -2.29. The van der Waals surface area contributed by atoms with Crippen LogP contribution < -0.4 is 36.5 Å². The summed E-state index contributed by atoms with van der Waals surface area (Å²) in [6.07, 6.45) is 2.19. The SMILES string of the molecule is CN(C)[13c]1[13cH][13cH][13c]2c(-c3ccc(C(=O)NCCCCCNC(=O)CON)cc3C(=O)[O-])[13c]3[13cH][13cH][13c](=[N+](C)C)[13cH][13c]-3o[13c]2[13cH]1. The lowest BCUT2D eigenvalue weighted by Gasteiger charge is -2.20. The van der Waals surface area contributed by atoms with Crippen molar-refractivity contribution < 1.29 is 28.7 Å². The van der Waals surface area contributed by atoms with Gasteiger partial charge in [0.2, 0.25) is 11.3 Å². The van der Waals surface area contributed by atoms with Gasteiger partial charge in [-0.2, -0.15) is 0 Å². The molecule has 43 heavy (non-hydrogen) atoms. The topological polar surface area (TPSA) is 153 Å². The average Bonchev–Trinajstić information content (AvgIpc) is 2.98. The number of hydrogen-bond donors (Lipinski definition) is 3. The Morgan fingerprint density at radius 3 is 2.33 bits per heavy atom. The average molecular weight is 600 g/mol. The van der Waals surface area contributed by atoms with Crippen molar-refractivity contribution in [3.63, 3.8) is 0 Å². The van der Waals surface area contributed by atoms with Crippen LogP contribution in [0.2, 0.25) is 0 Å². The van der Waals surface area contributed by atoms with Crippen LogP contribution in [0, 0.1) is 0 Å². The highest BCUT2D eigenvalue weighted by Gasteiger charge is 2.22. The van der Waals surface area contributed by atoms with E-state index in [1.807, 2.05) is 74.1 Å². The van der Waals surface area contributed by atoms with Crippen LogP contribution in [0.4, 0.5) is 5.69 Å². The number of amides is 2. The first-order chi connectivity index (χ1) is 20.6. The molecule has 0 aromatic heterocycles. The summed E-state index contributed by atoms with van der Waals surface area (Å²) in [6.45, 7) is 0.693. The Morgan fingerprint density at radius 2 is 1.65 bits per heavy atom. The van der Waals surface area contributed by atoms with Gasteiger partial charge in [0.25, 0.3) is 5.91 Å². The van der Waals surface area contributed by atoms with Crippen molar-refractivity contribution >= 4 is 34.4 Å². The zero-order valence-electron chi connectivity index (χ0n) is 24.9. The zero-order valence-corrected chi connectivity index (χ0v) is 24.9. The largest absolute Gasteiger partial charge is 0.545 e. The van der Waals surface area contributed by atoms with Gasteiger partial charge in [-0.05, 0) is 55.2 Å². The first-order valence-corrected chi connectivity index (χ1v) is 14.0. The minimum atomic E-state index is -1.39. The monoisotopic (exact) mass is 599 g/mol. The second kappa shape index (κ2) is 14.0. The van der Waals surface area contributed by atoms with Gasteiger partial charge in [-0.3, -0.25) is 14.4 Å². The highest BCUT2D eigenvalue weighted by molar-refractivity contribution is 6.09. The van der Waals surface area contributed by atoms with Crippen LogP contribution in [0.25, 0.3) is 33.4 Å². The molecule has 2 aromatic carbocycles. The number of carbonyl (C=O) groups is 3. The molecule has 1 aliphatic heterocycles. The summed E-state index contributed by atoms with van der Waals surface area (Å²) >= 11 is 0. The van der Waals surface area contributed by atoms with Crippen molar-refractivity contribution in [3.8, 4) is 22.5 Å². The van der Waals surface area contributed by atoms with Gasteiger partial charge >= 0.3 is 0 Å². The highest BCUT2D eigenvalue weighted by atomic mass is 16.6. The van der Waals surface area contributed by atoms with Crippen molar-refractivity contribution in [1.29, 1.82) is 0 Å². The first kappa shape index (κ1) is 31.2. The number of rotatable bonds is 12. The summed E-state index contributed by atoms with van der Waals surface area (Å²) in [6, 6.07) is 16.2. The Balaban J connectivity index is 1.64. The van der Waals surface area contributed by atoms with E-state index in [2.05, 4.69) is 15.5 Å². The number of unbranched alkanes of at least 4 members (excludes halogenated alkanes) is 2. The van der Waals surface area contributed by atoms with Gasteiger partial charge in [0.1, 0.15) is 32.0 Å². The summed E-state index contributed by atoms with van der Waals surface area (Å²) in [7, 11) is 7.74. The van der Waals surface area contributed by atoms with Crippen LogP contribution >= 0.6 is 0 Å². The van der Waals surface area contributed by atoms with E-state index in [1.54, 1.807) is 12.1 Å². The molecule has 1 heterocycles. The van der Waals surface area contributed by atoms with Gasteiger partial charge in [0, 0.05) is 72.6 Å². The second-order valence-electron chi connectivity index (χ2n) is 10.7. The second-order valence-corrected chi connectivity index (χ2v) is 10.7. The molecular weight excluding hydrogens is 562 g/mol. The fourth-order valence-corrected chi connectivity index (χ4v) is 4.87. The summed E-state index contributed by atoms with van der Waals surface area (Å²) in [5.74, 6) is 3.41. The van der Waals surface area contributed by atoms with E-state index in [0.29, 0.717) is 42.0 Å². The molecule has 0 radical (unpaired) electrons. The molecule has 11 heteroatoms. The molecule has 0 atom stereocenters. The van der Waals surface area contributed by atoms with Gasteiger partial charge < -0.3 is 29.9 Å². The van der Waals surface area contributed by atoms with E-state index in [-0.39, 0.29) is 29.5 Å². The maximum Gasteiger partial charge on any atom is 0.251 e. The minimum absolute atomic E-state index is 0.0907. The van der Waals surface area contributed by atoms with E-state index < -0.39 is 5.97 Å². The van der Waals surface area contributed by atoms with Gasteiger partial charge in [0.05, 0.1) is 12.0 Å². The molecule has 4 rings (SSSR count). The van der Waals surface area contributed by atoms with Gasteiger partial charge in [-0.15, -0.1) is 0 Å². The van der Waals surface area contributed by atoms with Crippen molar-refractivity contribution in [1.82, 2.24) is 15.2 Å². The molecule has 0 saturated heterocycles. The molecule has 0 spiro atoms. The number of nitrogens with two attached hydrogens (primary N) is 1. The van der Waals surface area contributed by atoms with E-state index in [0.717, 1.165) is 34.8 Å². The summed E-state index contributed by atoms with van der Waals surface area (Å²) < 4.78 is 8.31. The number of aromatic carboxylic acids is 1. The van der Waals surface area contributed by atoms with Gasteiger partial charge in [0.15, 0.2) is 0 Å². The molecule has 0 bridgehead atoms. The van der Waals surface area contributed by atoms with E-state index >= 15 is 0 Å². The van der Waals surface area contributed by atoms with Crippen LogP contribution in [0.1, 0.15) is 40.0 Å². The number of carboxylic acid groups (broad SMARTS) is 1. The third-order valence-corrected chi connectivity index (χ3v) is 7.17. The number of benzene rings is 3. The van der Waals surface area contributed by atoms with Crippen LogP contribution in [0.3, 0.4) is 0 Å². The molecule has 2 aliphatic rings. The Hall–Kier alpha value is -4.74. The van der Waals surface area contributed by atoms with Crippen molar-refractivity contribution in [2.24, 2.45) is 5.90 Å². The first-order valence-electron chi connectivity index (χ1n) is 14.0. The Kier molecular flexibility index (Phi) is 10.1. The van der Waals surface area contributed by atoms with Crippen molar-refractivity contribution in [3.05, 3.63) is 71.1 Å². The van der Waals surface area contributed by atoms with Gasteiger partial charge in [-0.1, -0.05) is 6.07 Å². The Labute approximate surface area is 249 Å². The molecule has 226 valence electrons. The highest BCUT2D eigenvalue weighted by Crippen LogP contribution is 2.42. The standard InChI is InChI=1S/C32H37N5O6/c1-36(2)21-9-12-24-27(17-21)43-28-18-22(37(3)4)10-13-25(28)30(24)23-11-8-20(16-26(23)32(40)41)31(39)35-15-7-5-6-14-34-29(38)19-42-33/h8-13,16-18H,5-7,14-15,19,33H2,1-4H3,(H2-,34,35,38,39,40,41)/i9+1,10+1,12+1,13+1,17+1,18+1,21+1,22+1,24+1,25+1,27+1,28+1. The summed E-state index contributed by atoms with van der Waals surface area (Å²) in [4.78, 5) is 43.0. The lowest BCUT2D eigenvalue weighted by atomic mass is 10.0. The van der Waals surface area contributed by atoms with Crippen molar-refractivity contribution in [2.45, 2.75) is 19.3 Å². The number of hydrogen-bond acceptors (Lipinski definition) is 8. The van der Waals surface area contributed by atoms with E-state index in [9.17, 15) is 19.5 Å². The normalized spacial score (nSPS) is 11.0. The molecule has 4 N–H and O–H groups in total. The molecular formula is C32H37N5O6. The van der Waals surface area contributed by atoms with Crippen LogP contribution in [-0.2, 0) is 9.63 Å². The molecule has 2 aromatic rings. The number of nitrogens with zero attached hydrogens (tertiary/aromatic N) is 2. The van der Waals surface area contributed by atoms with E-state index in [1.165, 1.54) is 6.07 Å². The lowest BCUT2D eigenvalue weighted by molar-refractivity contribution is -0.254. The number of anilines is 1. The zero-order chi connectivity index (χ0) is 31.1. The third-order valence-electron chi connectivity index (χ3n) is 7.17. The molecule has 11 nitrogen and oxygen atoms in total. The molecule has 0 saturated carbocycles. The Morgan fingerprint density at radius 1 is 0.930 bits per heavy atom. The quantitative estimate of drug-likeness (QED) is 0.0961. The maximum absolute atomic E-state index is 12.9. The predicted octanol–water partition coefficient (Wildman–Crippen LogP) is 1.57. The maximum atomic E-state index is 12.9. The van der Waals surface area contributed by atoms with Crippen LogP contribution in [-0.4, -0.2) is 65.7 Å². The summed E-state index contributed by atoms with van der Waals surface area (Å²) in [5.41, 5.74) is 3.51. The molecule has 0 fully saturated rings. The Bertz CT molecular complexity index is 1690. The molecule has 1 aliphatic carbocycles. The minimum Gasteiger partial charge on any atom is -0.545 e. The smallest absolute Gasteiger partial charge is 0.251 e. The van der Waals surface area contributed by atoms with Crippen LogP contribution in [0.15, 0.2) is 59.0 Å². The fourth-order valence-electron chi connectivity index (χ4n) is 4.87. The molecule has 2 amide bonds. The van der Waals surface area contributed by atoms with Gasteiger partial charge in [-0.25, -0.2) is 10.5 Å². The van der Waals surface area contributed by atoms with E-state index in [4.69, 9.17) is 10.3 Å². The number of carboxylic acids is 1. The third kappa shape index (κ3) is 7.37. The van der Waals surface area contributed by atoms with Crippen LogP contribution in [0.5, 0.6) is 0 Å². The summed E-state index contributed by atoms with van der Waals surface area (Å²) in [5, 5.41) is 19.6. The van der Waals surface area contributed by atoms with Crippen molar-refractivity contribution in [2.75, 3.05) is 52.8 Å². The predicted molar refractivity (Wildman–Crippen MR) is 163 cm³/mol. The number of carbonyl (C=O) groups excluding carboxylic acids is 3. The molecule has 0 unspecified atom stereocenters. The number of fused-ring (bicyclic) bond motifs is 2. The number of nitrogens with one attached hydrogen (secondary N) is 2.